The van der Waals surface area contributed by atoms with Crippen molar-refractivity contribution in [3.8, 4) is 5.88 Å². The van der Waals surface area contributed by atoms with Crippen LogP contribution in [0.4, 0.5) is 14.6 Å². The number of ether oxygens (including phenoxy) is 1. The van der Waals surface area contributed by atoms with Crippen LogP contribution in [0.25, 0.3) is 0 Å². The normalized spacial score (nSPS) is 10.3. The Bertz CT molecular complexity index is 593. The number of rotatable bonds is 4. The number of anilines is 1. The molecule has 3 nitrogen and oxygen atoms in total. The second kappa shape index (κ2) is 5.84. The quantitative estimate of drug-likeness (QED) is 0.931. The number of aromatic nitrogens is 1. The first kappa shape index (κ1) is 13.5. The molecule has 2 aromatic rings. The minimum Gasteiger partial charge on any atom is -0.471 e. The molecule has 0 spiro atoms. The minimum absolute atomic E-state index is 0.0539. The number of pyridine rings is 1. The van der Waals surface area contributed by atoms with Crippen molar-refractivity contribution in [2.45, 2.75) is 6.61 Å². The summed E-state index contributed by atoms with van der Waals surface area (Å²) in [5.41, 5.74) is 0.695. The molecular weight excluding hydrogens is 274 g/mol. The Morgan fingerprint density at radius 3 is 2.68 bits per heavy atom. The van der Waals surface area contributed by atoms with E-state index in [0.29, 0.717) is 10.6 Å². The Kier molecular flexibility index (Phi) is 4.16. The summed E-state index contributed by atoms with van der Waals surface area (Å²) in [5.74, 6) is -1.98. The lowest BCUT2D eigenvalue weighted by atomic mass is 10.2. The topological polar surface area (TPSA) is 34.2 Å². The predicted molar refractivity (Wildman–Crippen MR) is 69.5 cm³/mol. The summed E-state index contributed by atoms with van der Waals surface area (Å²) in [6.07, 6.45) is 0. The average molecular weight is 285 g/mol. The maximum Gasteiger partial charge on any atom is 0.252 e. The van der Waals surface area contributed by atoms with Crippen LogP contribution in [0, 0.1) is 11.6 Å². The van der Waals surface area contributed by atoms with Crippen molar-refractivity contribution in [3.63, 3.8) is 0 Å². The van der Waals surface area contributed by atoms with Crippen LogP contribution in [-0.4, -0.2) is 12.0 Å². The SMILES string of the molecule is CNc1nc(OCc2ccccc2Cl)c(F)cc1F. The lowest BCUT2D eigenvalue weighted by Gasteiger charge is -2.09. The van der Waals surface area contributed by atoms with E-state index in [9.17, 15) is 8.78 Å². The number of halogens is 3. The van der Waals surface area contributed by atoms with Crippen LogP contribution in [-0.2, 0) is 6.61 Å². The molecule has 0 aliphatic carbocycles. The van der Waals surface area contributed by atoms with Gasteiger partial charge in [-0.1, -0.05) is 29.8 Å². The predicted octanol–water partition coefficient (Wildman–Crippen LogP) is 3.63. The number of nitrogens with zero attached hydrogens (tertiary/aromatic N) is 1. The molecule has 1 aromatic carbocycles. The van der Waals surface area contributed by atoms with Crippen LogP contribution in [0.5, 0.6) is 5.88 Å². The Morgan fingerprint density at radius 1 is 1.26 bits per heavy atom. The van der Waals surface area contributed by atoms with Gasteiger partial charge < -0.3 is 10.1 Å². The highest BCUT2D eigenvalue weighted by Gasteiger charge is 2.12. The maximum atomic E-state index is 13.5. The van der Waals surface area contributed by atoms with Crippen LogP contribution in [0.2, 0.25) is 5.02 Å². The molecule has 1 heterocycles. The molecule has 0 unspecified atom stereocenters. The number of hydrogen-bond donors (Lipinski definition) is 1. The second-order valence-corrected chi connectivity index (χ2v) is 4.14. The number of nitrogens with one attached hydrogen (secondary N) is 1. The van der Waals surface area contributed by atoms with E-state index in [-0.39, 0.29) is 18.3 Å². The molecular formula is C13H11ClF2N2O. The summed E-state index contributed by atoms with van der Waals surface area (Å²) in [6, 6.07) is 7.75. The van der Waals surface area contributed by atoms with Crippen molar-refractivity contribution in [1.29, 1.82) is 0 Å². The summed E-state index contributed by atoms with van der Waals surface area (Å²) < 4.78 is 31.9. The van der Waals surface area contributed by atoms with Crippen LogP contribution in [0.1, 0.15) is 5.56 Å². The zero-order valence-corrected chi connectivity index (χ0v) is 10.8. The zero-order chi connectivity index (χ0) is 13.8. The van der Waals surface area contributed by atoms with E-state index in [4.69, 9.17) is 16.3 Å². The van der Waals surface area contributed by atoms with Crippen molar-refractivity contribution in [3.05, 3.63) is 52.6 Å². The van der Waals surface area contributed by atoms with E-state index in [1.807, 2.05) is 0 Å². The first-order valence-electron chi connectivity index (χ1n) is 5.52. The van der Waals surface area contributed by atoms with E-state index in [1.54, 1.807) is 24.3 Å². The molecule has 0 bridgehead atoms. The lowest BCUT2D eigenvalue weighted by molar-refractivity contribution is 0.276. The third kappa shape index (κ3) is 3.12. The molecule has 0 amide bonds. The molecule has 1 aromatic heterocycles. The minimum atomic E-state index is -0.858. The van der Waals surface area contributed by atoms with Crippen LogP contribution >= 0.6 is 11.6 Å². The van der Waals surface area contributed by atoms with Crippen LogP contribution < -0.4 is 10.1 Å². The van der Waals surface area contributed by atoms with E-state index in [2.05, 4.69) is 10.3 Å². The zero-order valence-electron chi connectivity index (χ0n) is 10.1. The molecule has 0 radical (unpaired) electrons. The van der Waals surface area contributed by atoms with E-state index in [1.165, 1.54) is 7.05 Å². The maximum absolute atomic E-state index is 13.5. The molecule has 100 valence electrons. The first-order valence-corrected chi connectivity index (χ1v) is 5.89. The van der Waals surface area contributed by atoms with Crippen molar-refractivity contribution in [2.75, 3.05) is 12.4 Å². The highest BCUT2D eigenvalue weighted by Crippen LogP contribution is 2.22. The number of hydrogen-bond acceptors (Lipinski definition) is 3. The van der Waals surface area contributed by atoms with Crippen molar-refractivity contribution in [2.24, 2.45) is 0 Å². The summed E-state index contributed by atoms with van der Waals surface area (Å²) in [6.45, 7) is 0.0539. The van der Waals surface area contributed by atoms with Gasteiger partial charge in [0.1, 0.15) is 6.61 Å². The third-order valence-corrected chi connectivity index (χ3v) is 2.83. The van der Waals surface area contributed by atoms with Gasteiger partial charge in [-0.2, -0.15) is 4.98 Å². The molecule has 0 atom stereocenters. The Labute approximate surface area is 114 Å². The van der Waals surface area contributed by atoms with E-state index >= 15 is 0 Å². The van der Waals surface area contributed by atoms with Gasteiger partial charge in [0.05, 0.1) is 0 Å². The summed E-state index contributed by atoms with van der Waals surface area (Å²) in [5, 5.41) is 3.03. The Hall–Kier alpha value is -1.88. The van der Waals surface area contributed by atoms with Crippen LogP contribution in [0.3, 0.4) is 0 Å². The van der Waals surface area contributed by atoms with Crippen molar-refractivity contribution >= 4 is 17.4 Å². The molecule has 0 saturated carbocycles. The summed E-state index contributed by atoms with van der Waals surface area (Å²) >= 11 is 5.95. The molecule has 0 aliphatic heterocycles. The molecule has 0 saturated heterocycles. The molecule has 1 N–H and O–H groups in total. The fraction of sp³-hybridized carbons (Fsp3) is 0.154. The van der Waals surface area contributed by atoms with E-state index < -0.39 is 11.6 Å². The van der Waals surface area contributed by atoms with Gasteiger partial charge in [-0.3, -0.25) is 0 Å². The van der Waals surface area contributed by atoms with Crippen molar-refractivity contribution in [1.82, 2.24) is 4.98 Å². The summed E-state index contributed by atoms with van der Waals surface area (Å²) in [7, 11) is 1.49. The second-order valence-electron chi connectivity index (χ2n) is 3.74. The third-order valence-electron chi connectivity index (χ3n) is 2.46. The first-order chi connectivity index (χ1) is 9.11. The number of benzene rings is 1. The summed E-state index contributed by atoms with van der Waals surface area (Å²) in [4.78, 5) is 3.71. The van der Waals surface area contributed by atoms with Gasteiger partial charge in [-0.05, 0) is 6.07 Å². The highest BCUT2D eigenvalue weighted by molar-refractivity contribution is 6.31. The molecule has 2 rings (SSSR count). The largest absolute Gasteiger partial charge is 0.471 e. The Morgan fingerprint density at radius 2 is 2.00 bits per heavy atom. The average Bonchev–Trinajstić information content (AvgIpc) is 2.39. The monoisotopic (exact) mass is 284 g/mol. The molecule has 0 fully saturated rings. The van der Waals surface area contributed by atoms with Crippen molar-refractivity contribution < 1.29 is 13.5 Å². The molecule has 0 aliphatic rings. The standard InChI is InChI=1S/C13H11ClF2N2O/c1-17-12-10(15)6-11(16)13(18-12)19-7-8-4-2-3-5-9(8)14/h2-6H,7H2,1H3,(H,17,18). The van der Waals surface area contributed by atoms with Gasteiger partial charge in [0.15, 0.2) is 17.5 Å². The highest BCUT2D eigenvalue weighted by atomic mass is 35.5. The van der Waals surface area contributed by atoms with Gasteiger partial charge >= 0.3 is 0 Å². The van der Waals surface area contributed by atoms with Gasteiger partial charge in [0.25, 0.3) is 5.88 Å². The fourth-order valence-electron chi connectivity index (χ4n) is 1.49. The molecule has 19 heavy (non-hydrogen) atoms. The van der Waals surface area contributed by atoms with E-state index in [0.717, 1.165) is 6.07 Å². The van der Waals surface area contributed by atoms with Gasteiger partial charge in [-0.15, -0.1) is 0 Å². The molecule has 6 heteroatoms. The Balaban J connectivity index is 2.18. The fourth-order valence-corrected chi connectivity index (χ4v) is 1.68. The van der Waals surface area contributed by atoms with Crippen LogP contribution in [0.15, 0.2) is 30.3 Å². The van der Waals surface area contributed by atoms with Gasteiger partial charge in [-0.25, -0.2) is 8.78 Å². The van der Waals surface area contributed by atoms with Gasteiger partial charge in [0, 0.05) is 23.7 Å². The van der Waals surface area contributed by atoms with Gasteiger partial charge in [0.2, 0.25) is 0 Å². The lowest BCUT2D eigenvalue weighted by Crippen LogP contribution is -2.04. The smallest absolute Gasteiger partial charge is 0.252 e.